The zero-order valence-electron chi connectivity index (χ0n) is 17.3. The molecule has 0 amide bonds. The first-order valence-corrected chi connectivity index (χ1v) is 10.7. The molecule has 0 aliphatic heterocycles. The number of hydrogen-bond acceptors (Lipinski definition) is 6. The van der Waals surface area contributed by atoms with Crippen LogP contribution < -0.4 is 18.9 Å². The van der Waals surface area contributed by atoms with Crippen molar-refractivity contribution in [2.75, 3.05) is 7.11 Å². The van der Waals surface area contributed by atoms with Crippen molar-refractivity contribution in [1.82, 2.24) is 4.72 Å². The summed E-state index contributed by atoms with van der Waals surface area (Å²) in [6.07, 6.45) is -5.68. The lowest BCUT2D eigenvalue weighted by molar-refractivity contribution is -0.274. The lowest BCUT2D eigenvalue weighted by Gasteiger charge is -2.20. The first-order chi connectivity index (χ1) is 14.8. The number of nitrogens with one attached hydrogen (secondary N) is 1. The molecule has 0 saturated heterocycles. The van der Waals surface area contributed by atoms with Gasteiger partial charge in [-0.05, 0) is 55.8 Å². The molecule has 0 heterocycles. The Balaban J connectivity index is 2.33. The molecule has 0 bridgehead atoms. The van der Waals surface area contributed by atoms with Gasteiger partial charge in [-0.15, -0.1) is 13.2 Å². The van der Waals surface area contributed by atoms with Gasteiger partial charge in [0.1, 0.15) is 5.75 Å². The summed E-state index contributed by atoms with van der Waals surface area (Å²) in [4.78, 5) is 11.0. The molecule has 0 radical (unpaired) electrons. The molecular weight excluding hydrogens is 455 g/mol. The van der Waals surface area contributed by atoms with E-state index in [0.29, 0.717) is 11.3 Å². The number of carboxylic acid groups (broad SMARTS) is 1. The van der Waals surface area contributed by atoms with Crippen molar-refractivity contribution >= 4 is 16.0 Å². The largest absolute Gasteiger partial charge is 0.573 e. The molecule has 0 aromatic heterocycles. The van der Waals surface area contributed by atoms with Crippen molar-refractivity contribution < 1.29 is 45.7 Å². The van der Waals surface area contributed by atoms with Crippen LogP contribution in [0.2, 0.25) is 0 Å². The van der Waals surface area contributed by atoms with Crippen LogP contribution in [0.1, 0.15) is 31.9 Å². The Morgan fingerprint density at radius 3 is 2.22 bits per heavy atom. The first kappa shape index (κ1) is 25.3. The molecule has 0 aliphatic rings. The predicted molar refractivity (Wildman–Crippen MR) is 107 cm³/mol. The van der Waals surface area contributed by atoms with Gasteiger partial charge in [0.2, 0.25) is 10.0 Å². The van der Waals surface area contributed by atoms with E-state index in [-0.39, 0.29) is 16.7 Å². The Morgan fingerprint density at radius 2 is 1.72 bits per heavy atom. The van der Waals surface area contributed by atoms with E-state index < -0.39 is 40.6 Å². The second-order valence-electron chi connectivity index (χ2n) is 6.87. The van der Waals surface area contributed by atoms with E-state index in [1.165, 1.54) is 25.3 Å². The lowest BCUT2D eigenvalue weighted by Crippen LogP contribution is -2.30. The summed E-state index contributed by atoms with van der Waals surface area (Å²) in [5.74, 6) is -1.19. The second kappa shape index (κ2) is 10.1. The zero-order chi connectivity index (χ0) is 24.1. The highest BCUT2D eigenvalue weighted by atomic mass is 32.2. The minimum absolute atomic E-state index is 0.160. The van der Waals surface area contributed by atoms with Crippen LogP contribution in [0.15, 0.2) is 47.4 Å². The third kappa shape index (κ3) is 7.31. The molecule has 8 nitrogen and oxygen atoms in total. The number of carbonyl (C=O) groups is 1. The van der Waals surface area contributed by atoms with Gasteiger partial charge >= 0.3 is 12.3 Å². The van der Waals surface area contributed by atoms with E-state index in [9.17, 15) is 31.5 Å². The molecule has 0 fully saturated rings. The van der Waals surface area contributed by atoms with Crippen LogP contribution in [0.3, 0.4) is 0 Å². The molecule has 0 unspecified atom stereocenters. The maximum Gasteiger partial charge on any atom is 0.573 e. The predicted octanol–water partition coefficient (Wildman–Crippen LogP) is 3.88. The molecule has 12 heteroatoms. The average molecular weight is 477 g/mol. The van der Waals surface area contributed by atoms with Crippen molar-refractivity contribution in [2.45, 2.75) is 43.7 Å². The van der Waals surface area contributed by atoms with Crippen LogP contribution in [-0.4, -0.2) is 39.1 Å². The van der Waals surface area contributed by atoms with Crippen molar-refractivity contribution in [2.24, 2.45) is 0 Å². The first-order valence-electron chi connectivity index (χ1n) is 9.25. The van der Waals surface area contributed by atoms with E-state index in [2.05, 4.69) is 9.46 Å². The Hall–Kier alpha value is -2.99. The molecule has 0 spiro atoms. The quantitative estimate of drug-likeness (QED) is 0.534. The lowest BCUT2D eigenvalue weighted by atomic mass is 10.0. The van der Waals surface area contributed by atoms with E-state index in [1.807, 2.05) is 0 Å². The van der Waals surface area contributed by atoms with Crippen LogP contribution >= 0.6 is 0 Å². The second-order valence-corrected chi connectivity index (χ2v) is 8.58. The molecule has 2 aromatic rings. The van der Waals surface area contributed by atoms with Crippen LogP contribution in [-0.2, 0) is 14.8 Å². The third-order valence-corrected chi connectivity index (χ3v) is 5.48. The van der Waals surface area contributed by atoms with E-state index in [1.54, 1.807) is 13.8 Å². The number of carboxylic acids is 1. The number of rotatable bonds is 10. The number of benzene rings is 2. The number of alkyl halides is 3. The Kier molecular flexibility index (Phi) is 7.97. The summed E-state index contributed by atoms with van der Waals surface area (Å²) >= 11 is 0. The van der Waals surface area contributed by atoms with E-state index in [0.717, 1.165) is 24.3 Å². The van der Waals surface area contributed by atoms with Gasteiger partial charge < -0.3 is 19.3 Å². The van der Waals surface area contributed by atoms with Crippen molar-refractivity contribution in [3.63, 3.8) is 0 Å². The van der Waals surface area contributed by atoms with Gasteiger partial charge in [-0.1, -0.05) is 6.07 Å². The van der Waals surface area contributed by atoms with Crippen molar-refractivity contribution in [1.29, 1.82) is 0 Å². The normalized spacial score (nSPS) is 13.0. The fraction of sp³-hybridized carbons (Fsp3) is 0.350. The Morgan fingerprint density at radius 1 is 1.09 bits per heavy atom. The zero-order valence-corrected chi connectivity index (χ0v) is 18.2. The molecule has 1 atom stereocenters. The monoisotopic (exact) mass is 477 g/mol. The molecule has 2 N–H and O–H groups in total. The number of aliphatic carboxylic acids is 1. The van der Waals surface area contributed by atoms with E-state index >= 15 is 0 Å². The fourth-order valence-electron chi connectivity index (χ4n) is 2.73. The standard InChI is InChI=1S/C20H22F3NO7S/c1-12(2)30-17-9-4-13(10-18(17)29-3)16(11-19(25)26)24-32(27,28)15-7-5-14(6-8-15)31-20(21,22)23/h4-10,12,16,24H,11H2,1-3H3,(H,25,26)/t16-/m1/s1. The molecule has 0 saturated carbocycles. The average Bonchev–Trinajstić information content (AvgIpc) is 2.66. The molecule has 32 heavy (non-hydrogen) atoms. The van der Waals surface area contributed by atoms with Gasteiger partial charge in [-0.25, -0.2) is 13.1 Å². The molecule has 2 rings (SSSR count). The third-order valence-electron chi connectivity index (χ3n) is 4.00. The SMILES string of the molecule is COc1cc([C@@H](CC(=O)O)NS(=O)(=O)c2ccc(OC(F)(F)F)cc2)ccc1OC(C)C. The smallest absolute Gasteiger partial charge is 0.493 e. The highest BCUT2D eigenvalue weighted by Gasteiger charge is 2.31. The van der Waals surface area contributed by atoms with Gasteiger partial charge in [0, 0.05) is 0 Å². The summed E-state index contributed by atoms with van der Waals surface area (Å²) < 4.78 is 79.2. The van der Waals surface area contributed by atoms with Gasteiger partial charge in [0.05, 0.1) is 30.6 Å². The van der Waals surface area contributed by atoms with Gasteiger partial charge in [-0.3, -0.25) is 4.79 Å². The number of sulfonamides is 1. The minimum Gasteiger partial charge on any atom is -0.493 e. The maximum atomic E-state index is 12.7. The van der Waals surface area contributed by atoms with Crippen LogP contribution in [0.4, 0.5) is 13.2 Å². The molecule has 2 aromatic carbocycles. The summed E-state index contributed by atoms with van der Waals surface area (Å²) in [7, 11) is -2.90. The molecular formula is C20H22F3NO7S. The topological polar surface area (TPSA) is 111 Å². The Bertz CT molecular complexity index is 1040. The maximum absolute atomic E-state index is 12.7. The highest BCUT2D eigenvalue weighted by Crippen LogP contribution is 2.33. The summed E-state index contributed by atoms with van der Waals surface area (Å²) in [5, 5.41) is 9.24. The number of halogens is 3. The highest BCUT2D eigenvalue weighted by molar-refractivity contribution is 7.89. The Labute approximate surface area is 183 Å². The van der Waals surface area contributed by atoms with Crippen LogP contribution in [0.5, 0.6) is 17.2 Å². The van der Waals surface area contributed by atoms with Gasteiger partial charge in [0.15, 0.2) is 11.5 Å². The minimum atomic E-state index is -4.92. The van der Waals surface area contributed by atoms with Crippen LogP contribution in [0, 0.1) is 0 Å². The fourth-order valence-corrected chi connectivity index (χ4v) is 3.95. The summed E-state index contributed by atoms with van der Waals surface area (Å²) in [6, 6.07) is 6.81. The van der Waals surface area contributed by atoms with Crippen LogP contribution in [0.25, 0.3) is 0 Å². The summed E-state index contributed by atoms with van der Waals surface area (Å²) in [6.45, 7) is 3.61. The molecule has 0 aliphatic carbocycles. The van der Waals surface area contributed by atoms with E-state index in [4.69, 9.17) is 9.47 Å². The van der Waals surface area contributed by atoms with Crippen molar-refractivity contribution in [3.8, 4) is 17.2 Å². The van der Waals surface area contributed by atoms with Gasteiger partial charge in [0.25, 0.3) is 0 Å². The molecule has 176 valence electrons. The number of ether oxygens (including phenoxy) is 3. The summed E-state index contributed by atoms with van der Waals surface area (Å²) in [5.41, 5.74) is 0.293. The van der Waals surface area contributed by atoms with Crippen molar-refractivity contribution in [3.05, 3.63) is 48.0 Å². The number of hydrogen-bond donors (Lipinski definition) is 2. The number of methoxy groups -OCH3 is 1. The van der Waals surface area contributed by atoms with Gasteiger partial charge in [-0.2, -0.15) is 0 Å².